The number of rotatable bonds is 11. The van der Waals surface area contributed by atoms with Crippen molar-refractivity contribution in [3.8, 4) is 0 Å². The Morgan fingerprint density at radius 3 is 2.00 bits per heavy atom. The van der Waals surface area contributed by atoms with Crippen molar-refractivity contribution < 1.29 is 28.4 Å². The van der Waals surface area contributed by atoms with Gasteiger partial charge in [0.2, 0.25) is 23.6 Å². The molecular weight excluding hydrogens is 421 g/mol. The number of hydrogen-bond acceptors (Lipinski definition) is 5. The Labute approximate surface area is 188 Å². The van der Waals surface area contributed by atoms with Crippen molar-refractivity contribution >= 4 is 29.7 Å². The standard InChI is InChI=1S/C21H36FN5O5/c1-19(2,13-20(3,4)27-15(29)10-21(5,22)11-16(27)30)17(31)26-12-14(28)24-8-6-7-9-25-18(23)32/h6-13H2,1-5H3,(H,24,28)(H,26,31)(H3,23,25,32). The third-order valence-corrected chi connectivity index (χ3v) is 5.27. The fourth-order valence-corrected chi connectivity index (χ4v) is 4.06. The monoisotopic (exact) mass is 457 g/mol. The van der Waals surface area contributed by atoms with Crippen LogP contribution in [0.15, 0.2) is 0 Å². The maximum Gasteiger partial charge on any atom is 0.312 e. The molecule has 0 aromatic rings. The number of halogens is 1. The van der Waals surface area contributed by atoms with E-state index in [4.69, 9.17) is 5.73 Å². The van der Waals surface area contributed by atoms with Crippen molar-refractivity contribution in [2.24, 2.45) is 11.1 Å². The van der Waals surface area contributed by atoms with Crippen molar-refractivity contribution in [2.45, 2.75) is 77.9 Å². The van der Waals surface area contributed by atoms with E-state index in [0.717, 1.165) is 4.90 Å². The summed E-state index contributed by atoms with van der Waals surface area (Å²) in [6.07, 6.45) is 0.657. The highest BCUT2D eigenvalue weighted by molar-refractivity contribution is 6.00. The minimum Gasteiger partial charge on any atom is -0.355 e. The molecule has 0 radical (unpaired) electrons. The number of piperidine rings is 1. The van der Waals surface area contributed by atoms with Crippen LogP contribution in [0, 0.1) is 5.41 Å². The van der Waals surface area contributed by atoms with Crippen molar-refractivity contribution in [1.82, 2.24) is 20.9 Å². The zero-order valence-corrected chi connectivity index (χ0v) is 19.6. The summed E-state index contributed by atoms with van der Waals surface area (Å²) in [5.74, 6) is -1.96. The lowest BCUT2D eigenvalue weighted by Gasteiger charge is -2.44. The summed E-state index contributed by atoms with van der Waals surface area (Å²) in [7, 11) is 0. The summed E-state index contributed by atoms with van der Waals surface area (Å²) in [6.45, 7) is 8.46. The van der Waals surface area contributed by atoms with Gasteiger partial charge in [-0.25, -0.2) is 9.18 Å². The summed E-state index contributed by atoms with van der Waals surface area (Å²) >= 11 is 0. The van der Waals surface area contributed by atoms with Gasteiger partial charge in [0.15, 0.2) is 0 Å². The lowest BCUT2D eigenvalue weighted by atomic mass is 9.77. The van der Waals surface area contributed by atoms with Gasteiger partial charge in [0.1, 0.15) is 5.67 Å². The fraction of sp³-hybridized carbons (Fsp3) is 0.762. The van der Waals surface area contributed by atoms with E-state index in [0.29, 0.717) is 25.9 Å². The topological polar surface area (TPSA) is 151 Å². The van der Waals surface area contributed by atoms with Gasteiger partial charge >= 0.3 is 6.03 Å². The molecule has 1 saturated heterocycles. The number of hydrogen-bond donors (Lipinski definition) is 4. The molecule has 182 valence electrons. The molecule has 1 heterocycles. The van der Waals surface area contributed by atoms with Crippen LogP contribution in [0.3, 0.4) is 0 Å². The highest BCUT2D eigenvalue weighted by atomic mass is 19.1. The molecule has 0 atom stereocenters. The molecule has 32 heavy (non-hydrogen) atoms. The first-order chi connectivity index (χ1) is 14.6. The quantitative estimate of drug-likeness (QED) is 0.266. The highest BCUT2D eigenvalue weighted by Crippen LogP contribution is 2.37. The zero-order chi connectivity index (χ0) is 24.7. The maximum absolute atomic E-state index is 14.2. The predicted octanol–water partition coefficient (Wildman–Crippen LogP) is 0.739. The van der Waals surface area contributed by atoms with Gasteiger partial charge in [0.25, 0.3) is 0 Å². The average molecular weight is 458 g/mol. The van der Waals surface area contributed by atoms with Gasteiger partial charge in [-0.1, -0.05) is 13.8 Å². The number of carbonyl (C=O) groups excluding carboxylic acids is 5. The molecule has 1 fully saturated rings. The van der Waals surface area contributed by atoms with Gasteiger partial charge in [-0.15, -0.1) is 0 Å². The van der Waals surface area contributed by atoms with Crippen molar-refractivity contribution in [2.75, 3.05) is 19.6 Å². The van der Waals surface area contributed by atoms with E-state index in [1.165, 1.54) is 6.92 Å². The van der Waals surface area contributed by atoms with Gasteiger partial charge in [0, 0.05) is 24.0 Å². The largest absolute Gasteiger partial charge is 0.355 e. The van der Waals surface area contributed by atoms with Crippen LogP contribution < -0.4 is 21.7 Å². The minimum atomic E-state index is -1.86. The molecule has 1 rings (SSSR count). The van der Waals surface area contributed by atoms with E-state index in [-0.39, 0.29) is 31.7 Å². The van der Waals surface area contributed by atoms with Crippen LogP contribution in [0.5, 0.6) is 0 Å². The third kappa shape index (κ3) is 8.43. The number of nitrogens with two attached hydrogens (primary N) is 1. The highest BCUT2D eigenvalue weighted by Gasteiger charge is 2.48. The number of urea groups is 1. The van der Waals surface area contributed by atoms with Gasteiger partial charge < -0.3 is 21.7 Å². The van der Waals surface area contributed by atoms with Crippen molar-refractivity contribution in [3.05, 3.63) is 0 Å². The van der Waals surface area contributed by atoms with Crippen molar-refractivity contribution in [3.63, 3.8) is 0 Å². The second-order valence-corrected chi connectivity index (χ2v) is 9.79. The normalized spacial score (nSPS) is 16.5. The van der Waals surface area contributed by atoms with Crippen LogP contribution in [-0.2, 0) is 19.2 Å². The lowest BCUT2D eigenvalue weighted by Crippen LogP contribution is -2.59. The molecule has 10 nitrogen and oxygen atoms in total. The van der Waals surface area contributed by atoms with E-state index in [1.54, 1.807) is 27.7 Å². The van der Waals surface area contributed by atoms with Gasteiger partial charge in [-0.05, 0) is 40.0 Å². The molecule has 6 amide bonds. The lowest BCUT2D eigenvalue weighted by molar-refractivity contribution is -0.162. The molecular formula is C21H36FN5O5. The number of likely N-dealkylation sites (tertiary alicyclic amines) is 1. The second kappa shape index (κ2) is 10.7. The molecule has 0 unspecified atom stereocenters. The molecule has 1 aliphatic heterocycles. The van der Waals surface area contributed by atoms with Gasteiger partial charge in [0.05, 0.1) is 19.4 Å². The van der Waals surface area contributed by atoms with Crippen LogP contribution >= 0.6 is 0 Å². The zero-order valence-electron chi connectivity index (χ0n) is 19.6. The third-order valence-electron chi connectivity index (χ3n) is 5.27. The minimum absolute atomic E-state index is 0.140. The Kier molecular flexibility index (Phi) is 9.16. The maximum atomic E-state index is 14.2. The van der Waals surface area contributed by atoms with E-state index in [1.807, 2.05) is 0 Å². The van der Waals surface area contributed by atoms with Crippen LogP contribution in [0.4, 0.5) is 9.18 Å². The summed E-state index contributed by atoms with van der Waals surface area (Å²) in [5, 5.41) is 7.69. The first kappa shape index (κ1) is 27.3. The fourth-order valence-electron chi connectivity index (χ4n) is 4.06. The molecule has 0 aromatic heterocycles. The molecule has 0 aromatic carbocycles. The number of primary amides is 1. The van der Waals surface area contributed by atoms with E-state index < -0.39 is 40.4 Å². The molecule has 0 aliphatic carbocycles. The Balaban J connectivity index is 2.53. The number of alkyl halides is 1. The van der Waals surface area contributed by atoms with Crippen LogP contribution in [0.25, 0.3) is 0 Å². The molecule has 1 aliphatic rings. The van der Waals surface area contributed by atoms with E-state index in [9.17, 15) is 28.4 Å². The summed E-state index contributed by atoms with van der Waals surface area (Å²) in [4.78, 5) is 61.1. The van der Waals surface area contributed by atoms with Crippen LogP contribution in [0.2, 0.25) is 0 Å². The first-order valence-corrected chi connectivity index (χ1v) is 10.7. The number of unbranched alkanes of at least 4 members (excludes halogenated alkanes) is 1. The SMILES string of the molecule is CC1(F)CC(=O)N(C(C)(C)CC(C)(C)C(=O)NCC(=O)NCCCCNC(N)=O)C(=O)C1. The predicted molar refractivity (Wildman–Crippen MR) is 116 cm³/mol. The second-order valence-electron chi connectivity index (χ2n) is 9.79. The van der Waals surface area contributed by atoms with E-state index in [2.05, 4.69) is 16.0 Å². The summed E-state index contributed by atoms with van der Waals surface area (Å²) in [5.41, 5.74) is 1.08. The number of nitrogens with zero attached hydrogens (tertiary/aromatic N) is 1. The number of carbonyl (C=O) groups is 5. The van der Waals surface area contributed by atoms with Gasteiger partial charge in [-0.2, -0.15) is 0 Å². The number of imide groups is 1. The van der Waals surface area contributed by atoms with Crippen molar-refractivity contribution in [1.29, 1.82) is 0 Å². The molecule has 5 N–H and O–H groups in total. The Bertz CT molecular complexity index is 731. The Morgan fingerprint density at radius 2 is 1.50 bits per heavy atom. The molecule has 0 saturated carbocycles. The Hall–Kier alpha value is -2.72. The molecule has 0 spiro atoms. The van der Waals surface area contributed by atoms with Gasteiger partial charge in [-0.3, -0.25) is 24.1 Å². The Morgan fingerprint density at radius 1 is 1.00 bits per heavy atom. The summed E-state index contributed by atoms with van der Waals surface area (Å²) < 4.78 is 14.2. The smallest absolute Gasteiger partial charge is 0.312 e. The molecule has 0 bridgehead atoms. The average Bonchev–Trinajstić information content (AvgIpc) is 2.59. The van der Waals surface area contributed by atoms with Crippen LogP contribution in [0.1, 0.15) is 66.7 Å². The number of amides is 6. The summed E-state index contributed by atoms with van der Waals surface area (Å²) in [6, 6.07) is -0.600. The van der Waals surface area contributed by atoms with E-state index >= 15 is 0 Å². The molecule has 11 heteroatoms. The number of nitrogens with one attached hydrogen (secondary N) is 3. The van der Waals surface area contributed by atoms with Crippen LogP contribution in [-0.4, -0.2) is 65.4 Å². The first-order valence-electron chi connectivity index (χ1n) is 10.7.